The van der Waals surface area contributed by atoms with Gasteiger partial charge in [-0.25, -0.2) is 0 Å². The number of carboxylic acids is 1. The van der Waals surface area contributed by atoms with E-state index < -0.39 is 11.9 Å². The number of aryl methyl sites for hydroxylation is 2. The molecule has 0 radical (unpaired) electrons. The molecule has 0 saturated heterocycles. The Bertz CT molecular complexity index is 563. The molecule has 1 heterocycles. The number of hydrogen-bond acceptors (Lipinski definition) is 3. The second-order valence-corrected chi connectivity index (χ2v) is 4.48. The van der Waals surface area contributed by atoms with Crippen molar-refractivity contribution in [2.45, 2.75) is 12.8 Å². The van der Waals surface area contributed by atoms with Crippen LogP contribution in [0, 0.1) is 6.92 Å². The third kappa shape index (κ3) is 3.13. The number of aliphatic carboxylic acids is 1. The number of rotatable bonds is 5. The summed E-state index contributed by atoms with van der Waals surface area (Å²) in [7, 11) is 1.84. The van der Waals surface area contributed by atoms with Gasteiger partial charge >= 0.3 is 5.97 Å². The molecule has 5 heteroatoms. The number of hydrogen-bond donors (Lipinski definition) is 2. The Morgan fingerprint density at radius 1 is 1.42 bits per heavy atom. The summed E-state index contributed by atoms with van der Waals surface area (Å²) in [5.41, 5.74) is 2.52. The summed E-state index contributed by atoms with van der Waals surface area (Å²) < 4.78 is 1.70. The SMILES string of the molecule is Cc1nn(C)cc1NCC(C(=O)O)c1ccccc1. The predicted octanol–water partition coefficient (Wildman–Crippen LogP) is 2.01. The van der Waals surface area contributed by atoms with Gasteiger partial charge in [-0.3, -0.25) is 9.48 Å². The maximum atomic E-state index is 11.4. The molecule has 1 aromatic heterocycles. The largest absolute Gasteiger partial charge is 0.481 e. The summed E-state index contributed by atoms with van der Waals surface area (Å²) in [5.74, 6) is -1.40. The van der Waals surface area contributed by atoms with Crippen LogP contribution < -0.4 is 5.32 Å². The zero-order valence-corrected chi connectivity index (χ0v) is 11.0. The van der Waals surface area contributed by atoms with Gasteiger partial charge in [0.15, 0.2) is 0 Å². The molecule has 2 rings (SSSR count). The molecule has 0 aliphatic heterocycles. The van der Waals surface area contributed by atoms with Gasteiger partial charge in [0.05, 0.1) is 17.3 Å². The average molecular weight is 259 g/mol. The summed E-state index contributed by atoms with van der Waals surface area (Å²) in [6.07, 6.45) is 1.85. The van der Waals surface area contributed by atoms with Crippen molar-refractivity contribution in [3.63, 3.8) is 0 Å². The molecular weight excluding hydrogens is 242 g/mol. The first-order valence-corrected chi connectivity index (χ1v) is 6.10. The van der Waals surface area contributed by atoms with Crippen molar-refractivity contribution < 1.29 is 9.90 Å². The Balaban J connectivity index is 2.10. The van der Waals surface area contributed by atoms with Crippen LogP contribution in [0.4, 0.5) is 5.69 Å². The van der Waals surface area contributed by atoms with Gasteiger partial charge in [-0.15, -0.1) is 0 Å². The molecule has 0 saturated carbocycles. The van der Waals surface area contributed by atoms with Crippen molar-refractivity contribution in [3.8, 4) is 0 Å². The van der Waals surface area contributed by atoms with Crippen LogP contribution in [-0.2, 0) is 11.8 Å². The lowest BCUT2D eigenvalue weighted by molar-refractivity contribution is -0.138. The summed E-state index contributed by atoms with van der Waals surface area (Å²) in [4.78, 5) is 11.4. The lowest BCUT2D eigenvalue weighted by Crippen LogP contribution is -2.21. The van der Waals surface area contributed by atoms with E-state index in [2.05, 4.69) is 10.4 Å². The minimum absolute atomic E-state index is 0.339. The summed E-state index contributed by atoms with van der Waals surface area (Å²) in [5, 5.41) is 16.7. The lowest BCUT2D eigenvalue weighted by Gasteiger charge is -2.14. The zero-order chi connectivity index (χ0) is 13.8. The highest BCUT2D eigenvalue weighted by Crippen LogP contribution is 2.18. The van der Waals surface area contributed by atoms with Gasteiger partial charge in [0.25, 0.3) is 0 Å². The van der Waals surface area contributed by atoms with Crippen molar-refractivity contribution in [1.29, 1.82) is 0 Å². The Labute approximate surface area is 111 Å². The highest BCUT2D eigenvalue weighted by atomic mass is 16.4. The van der Waals surface area contributed by atoms with Gasteiger partial charge in [-0.05, 0) is 12.5 Å². The highest BCUT2D eigenvalue weighted by Gasteiger charge is 2.19. The number of benzene rings is 1. The first kappa shape index (κ1) is 13.1. The van der Waals surface area contributed by atoms with E-state index in [1.807, 2.05) is 50.5 Å². The third-order valence-electron chi connectivity index (χ3n) is 3.01. The van der Waals surface area contributed by atoms with Crippen LogP contribution in [0.1, 0.15) is 17.2 Å². The van der Waals surface area contributed by atoms with Crippen molar-refractivity contribution in [2.75, 3.05) is 11.9 Å². The van der Waals surface area contributed by atoms with Crippen LogP contribution >= 0.6 is 0 Å². The molecule has 0 amide bonds. The molecule has 19 heavy (non-hydrogen) atoms. The molecule has 0 spiro atoms. The maximum Gasteiger partial charge on any atom is 0.312 e. The second kappa shape index (κ2) is 5.56. The molecule has 2 N–H and O–H groups in total. The lowest BCUT2D eigenvalue weighted by atomic mass is 9.99. The third-order valence-corrected chi connectivity index (χ3v) is 3.01. The van der Waals surface area contributed by atoms with E-state index in [9.17, 15) is 9.90 Å². The molecule has 100 valence electrons. The Hall–Kier alpha value is -2.30. The van der Waals surface area contributed by atoms with E-state index in [4.69, 9.17) is 0 Å². The smallest absolute Gasteiger partial charge is 0.312 e. The summed E-state index contributed by atoms with van der Waals surface area (Å²) in [6.45, 7) is 2.23. The normalized spacial score (nSPS) is 12.1. The van der Waals surface area contributed by atoms with Crippen molar-refractivity contribution in [3.05, 3.63) is 47.8 Å². The molecule has 1 unspecified atom stereocenters. The fourth-order valence-corrected chi connectivity index (χ4v) is 2.02. The fourth-order valence-electron chi connectivity index (χ4n) is 2.02. The van der Waals surface area contributed by atoms with E-state index in [0.29, 0.717) is 6.54 Å². The number of carboxylic acid groups (broad SMARTS) is 1. The number of nitrogens with one attached hydrogen (secondary N) is 1. The molecule has 0 aliphatic carbocycles. The number of anilines is 1. The molecular formula is C14H17N3O2. The Morgan fingerprint density at radius 3 is 2.63 bits per heavy atom. The topological polar surface area (TPSA) is 67.2 Å². The molecule has 1 atom stereocenters. The first-order chi connectivity index (χ1) is 9.08. The van der Waals surface area contributed by atoms with Crippen LogP contribution in [-0.4, -0.2) is 27.4 Å². The molecule has 0 bridgehead atoms. The van der Waals surface area contributed by atoms with Crippen molar-refractivity contribution in [1.82, 2.24) is 9.78 Å². The minimum atomic E-state index is -0.833. The van der Waals surface area contributed by atoms with E-state index in [1.165, 1.54) is 0 Å². The van der Waals surface area contributed by atoms with Gasteiger partial charge in [0, 0.05) is 19.8 Å². The van der Waals surface area contributed by atoms with Gasteiger partial charge in [-0.1, -0.05) is 30.3 Å². The van der Waals surface area contributed by atoms with Gasteiger partial charge in [0.1, 0.15) is 0 Å². The second-order valence-electron chi connectivity index (χ2n) is 4.48. The maximum absolute atomic E-state index is 11.4. The molecule has 1 aromatic carbocycles. The van der Waals surface area contributed by atoms with Crippen LogP contribution in [0.5, 0.6) is 0 Å². The van der Waals surface area contributed by atoms with E-state index in [0.717, 1.165) is 16.9 Å². The summed E-state index contributed by atoms with van der Waals surface area (Å²) >= 11 is 0. The Morgan fingerprint density at radius 2 is 2.11 bits per heavy atom. The first-order valence-electron chi connectivity index (χ1n) is 6.10. The average Bonchev–Trinajstić information content (AvgIpc) is 2.69. The standard InChI is InChI=1S/C14H17N3O2/c1-10-13(9-17(2)16-10)15-8-12(14(18)19)11-6-4-3-5-7-11/h3-7,9,12,15H,8H2,1-2H3,(H,18,19). The van der Waals surface area contributed by atoms with E-state index >= 15 is 0 Å². The van der Waals surface area contributed by atoms with E-state index in [1.54, 1.807) is 4.68 Å². The molecule has 2 aromatic rings. The number of aromatic nitrogens is 2. The molecule has 0 aliphatic rings. The van der Waals surface area contributed by atoms with E-state index in [-0.39, 0.29) is 0 Å². The van der Waals surface area contributed by atoms with Gasteiger partial charge < -0.3 is 10.4 Å². The van der Waals surface area contributed by atoms with Crippen LogP contribution in [0.15, 0.2) is 36.5 Å². The Kier molecular flexibility index (Phi) is 3.85. The fraction of sp³-hybridized carbons (Fsp3) is 0.286. The van der Waals surface area contributed by atoms with Crippen molar-refractivity contribution >= 4 is 11.7 Å². The molecule has 0 fully saturated rings. The monoisotopic (exact) mass is 259 g/mol. The highest BCUT2D eigenvalue weighted by molar-refractivity contribution is 5.77. The number of carbonyl (C=O) groups is 1. The van der Waals surface area contributed by atoms with Gasteiger partial charge in [-0.2, -0.15) is 5.10 Å². The predicted molar refractivity (Wildman–Crippen MR) is 73.3 cm³/mol. The zero-order valence-electron chi connectivity index (χ0n) is 11.0. The number of nitrogens with zero attached hydrogens (tertiary/aromatic N) is 2. The van der Waals surface area contributed by atoms with Crippen LogP contribution in [0.3, 0.4) is 0 Å². The minimum Gasteiger partial charge on any atom is -0.481 e. The summed E-state index contributed by atoms with van der Waals surface area (Å²) in [6, 6.07) is 9.23. The van der Waals surface area contributed by atoms with Gasteiger partial charge in [0.2, 0.25) is 0 Å². The molecule has 5 nitrogen and oxygen atoms in total. The quantitative estimate of drug-likeness (QED) is 0.862. The van der Waals surface area contributed by atoms with Crippen molar-refractivity contribution in [2.24, 2.45) is 7.05 Å². The van der Waals surface area contributed by atoms with Crippen LogP contribution in [0.25, 0.3) is 0 Å². The van der Waals surface area contributed by atoms with Crippen LogP contribution in [0.2, 0.25) is 0 Å².